The topological polar surface area (TPSA) is 111 Å². The van der Waals surface area contributed by atoms with E-state index in [1.165, 1.54) is 12.1 Å². The number of nitro benzene ring substituents is 1. The molecule has 7 nitrogen and oxygen atoms in total. The van der Waals surface area contributed by atoms with Crippen molar-refractivity contribution in [2.45, 2.75) is 6.92 Å². The van der Waals surface area contributed by atoms with Crippen LogP contribution in [0.5, 0.6) is 0 Å². The number of halogens is 1. The Morgan fingerprint density at radius 2 is 1.83 bits per heavy atom. The van der Waals surface area contributed by atoms with Crippen LogP contribution in [0.15, 0.2) is 47.6 Å². The maximum absolute atomic E-state index is 12.0. The number of nitro groups is 1. The van der Waals surface area contributed by atoms with Crippen LogP contribution in [0.25, 0.3) is 0 Å². The average molecular weight is 333 g/mol. The normalized spacial score (nSPS) is 11.1. The van der Waals surface area contributed by atoms with Crippen molar-refractivity contribution >= 4 is 34.6 Å². The Hall–Kier alpha value is -2.93. The molecule has 8 heteroatoms. The minimum Gasteiger partial charge on any atom is -0.399 e. The summed E-state index contributed by atoms with van der Waals surface area (Å²) in [5, 5.41) is 14.8. The van der Waals surface area contributed by atoms with Gasteiger partial charge in [-0.05, 0) is 36.8 Å². The Bertz CT molecular complexity index is 788. The highest BCUT2D eigenvalue weighted by molar-refractivity contribution is 6.32. The molecule has 2 aromatic rings. The third-order valence-electron chi connectivity index (χ3n) is 3.06. The molecule has 0 aliphatic carbocycles. The molecule has 0 fully saturated rings. The van der Waals surface area contributed by atoms with E-state index < -0.39 is 10.8 Å². The number of nitrogens with two attached hydrogens (primary N) is 1. The molecule has 0 saturated carbocycles. The lowest BCUT2D eigenvalue weighted by atomic mass is 10.1. The second-order valence-corrected chi connectivity index (χ2v) is 5.09. The van der Waals surface area contributed by atoms with Crippen LogP contribution in [-0.2, 0) is 0 Å². The zero-order chi connectivity index (χ0) is 17.0. The highest BCUT2D eigenvalue weighted by Crippen LogP contribution is 2.24. The molecule has 0 aliphatic heterocycles. The first-order valence-corrected chi connectivity index (χ1v) is 6.91. The van der Waals surface area contributed by atoms with Gasteiger partial charge in [-0.15, -0.1) is 0 Å². The number of carbonyl (C=O) groups is 1. The fourth-order valence-electron chi connectivity index (χ4n) is 1.78. The molecule has 3 N–H and O–H groups in total. The first-order valence-electron chi connectivity index (χ1n) is 6.53. The number of nitrogen functional groups attached to an aromatic ring is 1. The molecule has 0 aliphatic rings. The van der Waals surface area contributed by atoms with Gasteiger partial charge in [-0.2, -0.15) is 5.10 Å². The molecule has 0 heterocycles. The van der Waals surface area contributed by atoms with Crippen LogP contribution in [0.4, 0.5) is 11.4 Å². The summed E-state index contributed by atoms with van der Waals surface area (Å²) in [6.07, 6.45) is 0. The Morgan fingerprint density at radius 3 is 2.43 bits per heavy atom. The molecular weight excluding hydrogens is 320 g/mol. The minimum absolute atomic E-state index is 0.0342. The third-order valence-corrected chi connectivity index (χ3v) is 3.38. The SMILES string of the molecule is CC(=NNC(=O)c1ccc(Cl)c([N+](=O)[O-])c1)c1ccc(N)cc1. The summed E-state index contributed by atoms with van der Waals surface area (Å²) in [6.45, 7) is 1.72. The molecule has 1 amide bonds. The number of hydrazone groups is 1. The van der Waals surface area contributed by atoms with Crippen LogP contribution in [0, 0.1) is 10.1 Å². The Labute approximate surface area is 136 Å². The van der Waals surface area contributed by atoms with E-state index >= 15 is 0 Å². The second kappa shape index (κ2) is 6.89. The lowest BCUT2D eigenvalue weighted by Crippen LogP contribution is -2.19. The molecule has 0 atom stereocenters. The van der Waals surface area contributed by atoms with Gasteiger partial charge in [0, 0.05) is 17.3 Å². The maximum atomic E-state index is 12.0. The van der Waals surface area contributed by atoms with Gasteiger partial charge in [-0.1, -0.05) is 23.7 Å². The zero-order valence-corrected chi connectivity index (χ0v) is 12.9. The Morgan fingerprint density at radius 1 is 1.22 bits per heavy atom. The van der Waals surface area contributed by atoms with E-state index in [1.807, 2.05) is 0 Å². The van der Waals surface area contributed by atoms with E-state index in [1.54, 1.807) is 31.2 Å². The molecule has 0 bridgehead atoms. The molecule has 0 spiro atoms. The van der Waals surface area contributed by atoms with Crippen LogP contribution in [-0.4, -0.2) is 16.5 Å². The van der Waals surface area contributed by atoms with Crippen LogP contribution >= 0.6 is 11.6 Å². The third kappa shape index (κ3) is 4.04. The monoisotopic (exact) mass is 332 g/mol. The number of anilines is 1. The number of benzene rings is 2. The molecule has 0 saturated heterocycles. The fraction of sp³-hybridized carbons (Fsp3) is 0.0667. The van der Waals surface area contributed by atoms with Gasteiger partial charge in [0.05, 0.1) is 10.6 Å². The van der Waals surface area contributed by atoms with Crippen molar-refractivity contribution in [3.05, 3.63) is 68.7 Å². The largest absolute Gasteiger partial charge is 0.399 e. The van der Waals surface area contributed by atoms with E-state index in [2.05, 4.69) is 10.5 Å². The first-order chi connectivity index (χ1) is 10.9. The molecule has 0 aromatic heterocycles. The van der Waals surface area contributed by atoms with Crippen LogP contribution in [0.1, 0.15) is 22.8 Å². The van der Waals surface area contributed by atoms with Gasteiger partial charge < -0.3 is 5.73 Å². The zero-order valence-electron chi connectivity index (χ0n) is 12.1. The predicted molar refractivity (Wildman–Crippen MR) is 88.6 cm³/mol. The summed E-state index contributed by atoms with van der Waals surface area (Å²) in [7, 11) is 0. The molecular formula is C15H13ClN4O3. The van der Waals surface area contributed by atoms with Crippen molar-refractivity contribution in [1.82, 2.24) is 5.43 Å². The Balaban J connectivity index is 2.16. The summed E-state index contributed by atoms with van der Waals surface area (Å²) >= 11 is 5.71. The lowest BCUT2D eigenvalue weighted by Gasteiger charge is -2.04. The van der Waals surface area contributed by atoms with E-state index in [9.17, 15) is 14.9 Å². The second-order valence-electron chi connectivity index (χ2n) is 4.68. The molecule has 0 radical (unpaired) electrons. The van der Waals surface area contributed by atoms with Gasteiger partial charge >= 0.3 is 0 Å². The summed E-state index contributed by atoms with van der Waals surface area (Å²) in [4.78, 5) is 22.2. The summed E-state index contributed by atoms with van der Waals surface area (Å²) in [5.41, 5.74) is 9.70. The number of amides is 1. The van der Waals surface area contributed by atoms with Crippen LogP contribution in [0.3, 0.4) is 0 Å². The van der Waals surface area contributed by atoms with Crippen molar-refractivity contribution in [2.75, 3.05) is 5.73 Å². The number of nitrogens with one attached hydrogen (secondary N) is 1. The smallest absolute Gasteiger partial charge is 0.288 e. The first kappa shape index (κ1) is 16.4. The van der Waals surface area contributed by atoms with Gasteiger partial charge in [0.2, 0.25) is 0 Å². The summed E-state index contributed by atoms with van der Waals surface area (Å²) in [6, 6.07) is 10.8. The van der Waals surface area contributed by atoms with E-state index in [0.29, 0.717) is 11.4 Å². The van der Waals surface area contributed by atoms with Crippen molar-refractivity contribution in [3.8, 4) is 0 Å². The number of nitrogens with zero attached hydrogens (tertiary/aromatic N) is 2. The number of rotatable bonds is 4. The van der Waals surface area contributed by atoms with Crippen molar-refractivity contribution in [3.63, 3.8) is 0 Å². The molecule has 0 unspecified atom stereocenters. The number of hydrogen-bond donors (Lipinski definition) is 2. The van der Waals surface area contributed by atoms with Crippen molar-refractivity contribution in [1.29, 1.82) is 0 Å². The van der Waals surface area contributed by atoms with E-state index in [4.69, 9.17) is 17.3 Å². The van der Waals surface area contributed by atoms with E-state index in [0.717, 1.165) is 11.6 Å². The molecule has 23 heavy (non-hydrogen) atoms. The fourth-order valence-corrected chi connectivity index (χ4v) is 1.97. The van der Waals surface area contributed by atoms with Crippen LogP contribution < -0.4 is 11.2 Å². The molecule has 2 rings (SSSR count). The lowest BCUT2D eigenvalue weighted by molar-refractivity contribution is -0.384. The number of hydrogen-bond acceptors (Lipinski definition) is 5. The van der Waals surface area contributed by atoms with Gasteiger partial charge in [-0.3, -0.25) is 14.9 Å². The van der Waals surface area contributed by atoms with Crippen molar-refractivity contribution < 1.29 is 9.72 Å². The highest BCUT2D eigenvalue weighted by Gasteiger charge is 2.16. The van der Waals surface area contributed by atoms with Gasteiger partial charge in [0.1, 0.15) is 5.02 Å². The molecule has 2 aromatic carbocycles. The maximum Gasteiger partial charge on any atom is 0.288 e. The predicted octanol–water partition coefficient (Wildman–Crippen LogP) is 2.98. The quantitative estimate of drug-likeness (QED) is 0.388. The van der Waals surface area contributed by atoms with Gasteiger partial charge in [-0.25, -0.2) is 5.43 Å². The standard InChI is InChI=1S/C15H13ClN4O3/c1-9(10-2-5-12(17)6-3-10)18-19-15(21)11-4-7-13(16)14(8-11)20(22)23/h2-8H,17H2,1H3,(H,19,21). The Kier molecular flexibility index (Phi) is 4.92. The minimum atomic E-state index is -0.651. The summed E-state index contributed by atoms with van der Waals surface area (Å²) < 4.78 is 0. The summed E-state index contributed by atoms with van der Waals surface area (Å²) in [5.74, 6) is -0.570. The van der Waals surface area contributed by atoms with Gasteiger partial charge in [0.25, 0.3) is 11.6 Å². The molecule has 118 valence electrons. The van der Waals surface area contributed by atoms with Crippen molar-refractivity contribution in [2.24, 2.45) is 5.10 Å². The van der Waals surface area contributed by atoms with E-state index in [-0.39, 0.29) is 16.3 Å². The average Bonchev–Trinajstić information content (AvgIpc) is 2.53. The number of carbonyl (C=O) groups excluding carboxylic acids is 1. The highest BCUT2D eigenvalue weighted by atomic mass is 35.5. The van der Waals surface area contributed by atoms with Gasteiger partial charge in [0.15, 0.2) is 0 Å². The van der Waals surface area contributed by atoms with Crippen LogP contribution in [0.2, 0.25) is 5.02 Å².